The van der Waals surface area contributed by atoms with E-state index in [1.165, 1.54) is 0 Å². The summed E-state index contributed by atoms with van der Waals surface area (Å²) in [6.07, 6.45) is -9.51. The van der Waals surface area contributed by atoms with Gasteiger partial charge in [0.05, 0.1) is 19.8 Å². The summed E-state index contributed by atoms with van der Waals surface area (Å²) in [6.45, 7) is -2.83. The Labute approximate surface area is 130 Å². The van der Waals surface area contributed by atoms with E-state index in [-0.39, 0.29) is 0 Å². The normalized spacial score (nSPS) is 51.1. The largest absolute Gasteiger partial charge is 0.391 e. The van der Waals surface area contributed by atoms with Crippen molar-refractivity contribution in [3.63, 3.8) is 0 Å². The molecule has 0 amide bonds. The zero-order valence-electron chi connectivity index (χ0n) is 12.1. The highest BCUT2D eigenvalue weighted by molar-refractivity contribution is 4.97. The van der Waals surface area contributed by atoms with Crippen LogP contribution >= 0.6 is 0 Å². The Kier molecular flexibility index (Phi) is 5.60. The lowest BCUT2D eigenvalue weighted by atomic mass is 9.97. The topological polar surface area (TPSA) is 190 Å². The Balaban J connectivity index is 2.04. The number of aliphatic hydroxyl groups excluding tert-OH is 7. The third-order valence-electron chi connectivity index (χ3n) is 4.13. The smallest absolute Gasteiger partial charge is 0.221 e. The van der Waals surface area contributed by atoms with Gasteiger partial charge >= 0.3 is 0 Å². The second-order valence-electron chi connectivity index (χ2n) is 5.69. The number of ether oxygens (including phenoxy) is 3. The summed E-state index contributed by atoms with van der Waals surface area (Å²) in [5, 5.41) is 76.6. The molecule has 2 aliphatic heterocycles. The van der Waals surface area contributed by atoms with E-state index in [1.54, 1.807) is 0 Å². The summed E-state index contributed by atoms with van der Waals surface area (Å²) < 4.78 is 15.2. The minimum absolute atomic E-state index is 0.421. The van der Waals surface area contributed by atoms with Crippen LogP contribution < -0.4 is 0 Å². The summed E-state index contributed by atoms with van der Waals surface area (Å²) in [5.74, 6) is -4.45. The Hall–Kier alpha value is -0.440. The van der Waals surface area contributed by atoms with Crippen molar-refractivity contribution >= 4 is 0 Å². The van der Waals surface area contributed by atoms with Gasteiger partial charge < -0.3 is 55.1 Å². The SMILES string of the molecule is OC[C@@]1(OC[C@H]2O[C@](O)(CO)C(O)C2O)OC[C@@H](O)C(O)C1O. The van der Waals surface area contributed by atoms with E-state index in [9.17, 15) is 35.7 Å². The molecule has 2 saturated heterocycles. The number of rotatable bonds is 5. The minimum Gasteiger partial charge on any atom is -0.391 e. The standard InChI is InChI=1S/C12H22O11/c13-3-11(20)9(18)8(17)6(23-11)2-22-12(4-14)10(19)7(16)5(15)1-21-12/h5-10,13-20H,1-4H2/t5-,6-,7?,8?,9?,10?,11-,12+/m1/s1. The average molecular weight is 342 g/mol. The fourth-order valence-electron chi connectivity index (χ4n) is 2.55. The first-order valence-electron chi connectivity index (χ1n) is 7.01. The molecule has 136 valence electrons. The van der Waals surface area contributed by atoms with Crippen LogP contribution in [0.4, 0.5) is 0 Å². The molecule has 8 N–H and O–H groups in total. The van der Waals surface area contributed by atoms with Crippen LogP contribution in [0.3, 0.4) is 0 Å². The highest BCUT2D eigenvalue weighted by Crippen LogP contribution is 2.32. The van der Waals surface area contributed by atoms with Crippen molar-refractivity contribution < 1.29 is 55.1 Å². The molecule has 4 unspecified atom stereocenters. The summed E-state index contributed by atoms with van der Waals surface area (Å²) >= 11 is 0. The van der Waals surface area contributed by atoms with Crippen molar-refractivity contribution in [3.05, 3.63) is 0 Å². The Morgan fingerprint density at radius 3 is 2.13 bits per heavy atom. The molecule has 2 aliphatic rings. The van der Waals surface area contributed by atoms with E-state index >= 15 is 0 Å². The third kappa shape index (κ3) is 3.23. The van der Waals surface area contributed by atoms with Gasteiger partial charge in [0.2, 0.25) is 11.6 Å². The van der Waals surface area contributed by atoms with Gasteiger partial charge in [-0.2, -0.15) is 0 Å². The number of hydrogen-bond acceptors (Lipinski definition) is 11. The predicted octanol–water partition coefficient (Wildman–Crippen LogP) is -5.39. The second-order valence-corrected chi connectivity index (χ2v) is 5.69. The summed E-state index contributed by atoms with van der Waals surface area (Å²) in [6, 6.07) is 0. The molecule has 0 radical (unpaired) electrons. The van der Waals surface area contributed by atoms with Crippen LogP contribution in [-0.2, 0) is 14.2 Å². The van der Waals surface area contributed by atoms with Gasteiger partial charge in [-0.05, 0) is 0 Å². The fourth-order valence-corrected chi connectivity index (χ4v) is 2.55. The van der Waals surface area contributed by atoms with Crippen molar-refractivity contribution in [1.29, 1.82) is 0 Å². The molecular formula is C12H22O11. The molecule has 2 heterocycles. The quantitative estimate of drug-likeness (QED) is 0.238. The van der Waals surface area contributed by atoms with Crippen molar-refractivity contribution in [2.75, 3.05) is 26.4 Å². The Bertz CT molecular complexity index is 408. The van der Waals surface area contributed by atoms with E-state index in [2.05, 4.69) is 0 Å². The molecule has 0 aromatic rings. The maximum Gasteiger partial charge on any atom is 0.221 e. The van der Waals surface area contributed by atoms with E-state index in [1.807, 2.05) is 0 Å². The highest BCUT2D eigenvalue weighted by atomic mass is 16.7. The first-order chi connectivity index (χ1) is 10.7. The summed E-state index contributed by atoms with van der Waals surface area (Å²) in [7, 11) is 0. The molecule has 11 heteroatoms. The molecule has 0 aromatic carbocycles. The second kappa shape index (κ2) is 6.82. The molecule has 0 aliphatic carbocycles. The zero-order chi connectivity index (χ0) is 17.4. The molecule has 0 spiro atoms. The Morgan fingerprint density at radius 1 is 0.957 bits per heavy atom. The van der Waals surface area contributed by atoms with Crippen LogP contribution in [0.2, 0.25) is 0 Å². The van der Waals surface area contributed by atoms with Gasteiger partial charge in [-0.3, -0.25) is 0 Å². The summed E-state index contributed by atoms with van der Waals surface area (Å²) in [4.78, 5) is 0. The Morgan fingerprint density at radius 2 is 1.61 bits per heavy atom. The van der Waals surface area contributed by atoms with Gasteiger partial charge in [-0.15, -0.1) is 0 Å². The van der Waals surface area contributed by atoms with Crippen LogP contribution in [0.15, 0.2) is 0 Å². The van der Waals surface area contributed by atoms with Gasteiger partial charge in [-0.25, -0.2) is 0 Å². The van der Waals surface area contributed by atoms with Crippen LogP contribution in [0, 0.1) is 0 Å². The van der Waals surface area contributed by atoms with E-state index in [0.29, 0.717) is 0 Å². The molecule has 23 heavy (non-hydrogen) atoms. The van der Waals surface area contributed by atoms with Crippen molar-refractivity contribution in [2.24, 2.45) is 0 Å². The molecular weight excluding hydrogens is 320 g/mol. The lowest BCUT2D eigenvalue weighted by Gasteiger charge is -2.44. The molecule has 8 atom stereocenters. The summed E-state index contributed by atoms with van der Waals surface area (Å²) in [5.41, 5.74) is 0. The number of hydrogen-bond donors (Lipinski definition) is 8. The predicted molar refractivity (Wildman–Crippen MR) is 68.7 cm³/mol. The monoisotopic (exact) mass is 342 g/mol. The first kappa shape index (κ1) is 18.9. The maximum absolute atomic E-state index is 9.94. The maximum atomic E-state index is 9.94. The lowest BCUT2D eigenvalue weighted by molar-refractivity contribution is -0.356. The van der Waals surface area contributed by atoms with Crippen LogP contribution in [0.1, 0.15) is 0 Å². The van der Waals surface area contributed by atoms with E-state index in [4.69, 9.17) is 19.3 Å². The van der Waals surface area contributed by atoms with E-state index < -0.39 is 74.6 Å². The first-order valence-corrected chi connectivity index (χ1v) is 7.01. The van der Waals surface area contributed by atoms with Crippen molar-refractivity contribution in [3.8, 4) is 0 Å². The van der Waals surface area contributed by atoms with Crippen molar-refractivity contribution in [1.82, 2.24) is 0 Å². The third-order valence-corrected chi connectivity index (χ3v) is 4.13. The lowest BCUT2D eigenvalue weighted by Crippen LogP contribution is -2.64. The van der Waals surface area contributed by atoms with E-state index in [0.717, 1.165) is 0 Å². The van der Waals surface area contributed by atoms with Gasteiger partial charge in [-0.1, -0.05) is 0 Å². The zero-order valence-corrected chi connectivity index (χ0v) is 12.1. The van der Waals surface area contributed by atoms with Gasteiger partial charge in [0.15, 0.2) is 0 Å². The molecule has 11 nitrogen and oxygen atoms in total. The van der Waals surface area contributed by atoms with Crippen molar-refractivity contribution in [2.45, 2.75) is 48.2 Å². The molecule has 2 rings (SSSR count). The fraction of sp³-hybridized carbons (Fsp3) is 1.00. The van der Waals surface area contributed by atoms with Crippen LogP contribution in [-0.4, -0.2) is 115 Å². The minimum atomic E-state index is -2.37. The molecule has 0 saturated carbocycles. The van der Waals surface area contributed by atoms with Crippen LogP contribution in [0.25, 0.3) is 0 Å². The number of aliphatic hydroxyl groups is 8. The molecule has 0 aromatic heterocycles. The highest BCUT2D eigenvalue weighted by Gasteiger charge is 2.55. The van der Waals surface area contributed by atoms with Gasteiger partial charge in [0.1, 0.15) is 43.2 Å². The van der Waals surface area contributed by atoms with Crippen LogP contribution in [0.5, 0.6) is 0 Å². The molecule has 2 fully saturated rings. The average Bonchev–Trinajstić information content (AvgIpc) is 2.77. The molecule has 0 bridgehead atoms. The van der Waals surface area contributed by atoms with Gasteiger partial charge in [0, 0.05) is 0 Å². The van der Waals surface area contributed by atoms with Gasteiger partial charge in [0.25, 0.3) is 0 Å².